The van der Waals surface area contributed by atoms with Crippen molar-refractivity contribution < 1.29 is 4.79 Å². The first-order valence-corrected chi connectivity index (χ1v) is 11.3. The van der Waals surface area contributed by atoms with Crippen LogP contribution >= 0.6 is 0 Å². The molecule has 0 radical (unpaired) electrons. The number of rotatable bonds is 5. The van der Waals surface area contributed by atoms with Gasteiger partial charge in [-0.25, -0.2) is 15.0 Å². The molecule has 3 heterocycles. The summed E-state index contributed by atoms with van der Waals surface area (Å²) < 4.78 is 0. The number of hydrogen-bond acceptors (Lipinski definition) is 7. The van der Waals surface area contributed by atoms with Crippen LogP contribution in [0.4, 0.5) is 5.82 Å². The highest BCUT2D eigenvalue weighted by molar-refractivity contribution is 5.98. The smallest absolute Gasteiger partial charge is 0.274 e. The summed E-state index contributed by atoms with van der Waals surface area (Å²) >= 11 is 0. The molecule has 0 aliphatic heterocycles. The highest BCUT2D eigenvalue weighted by atomic mass is 16.2. The first-order valence-electron chi connectivity index (χ1n) is 11.3. The summed E-state index contributed by atoms with van der Waals surface area (Å²) in [5.41, 5.74) is 10.7. The van der Waals surface area contributed by atoms with Crippen LogP contribution in [0.3, 0.4) is 0 Å². The van der Waals surface area contributed by atoms with E-state index in [1.807, 2.05) is 66.7 Å². The van der Waals surface area contributed by atoms with E-state index in [2.05, 4.69) is 20.3 Å². The Hall–Kier alpha value is -5.16. The second-order valence-corrected chi connectivity index (χ2v) is 8.19. The zero-order chi connectivity index (χ0) is 25.1. The van der Waals surface area contributed by atoms with E-state index in [-0.39, 0.29) is 17.2 Å². The average molecular weight is 472 g/mol. The van der Waals surface area contributed by atoms with Crippen molar-refractivity contribution in [1.82, 2.24) is 25.3 Å². The van der Waals surface area contributed by atoms with Gasteiger partial charge in [-0.2, -0.15) is 5.26 Å². The van der Waals surface area contributed by atoms with Gasteiger partial charge in [0.25, 0.3) is 5.91 Å². The van der Waals surface area contributed by atoms with Crippen molar-refractivity contribution in [2.45, 2.75) is 13.0 Å². The highest BCUT2D eigenvalue weighted by Crippen LogP contribution is 2.32. The van der Waals surface area contributed by atoms with E-state index < -0.39 is 11.9 Å². The number of amides is 1. The lowest BCUT2D eigenvalue weighted by atomic mass is 10.0. The lowest BCUT2D eigenvalue weighted by molar-refractivity contribution is 0.0935. The van der Waals surface area contributed by atoms with E-state index in [0.29, 0.717) is 17.1 Å². The second kappa shape index (κ2) is 9.60. The van der Waals surface area contributed by atoms with Gasteiger partial charge in [-0.3, -0.25) is 9.78 Å². The molecule has 0 bridgehead atoms. The number of nitrogens with one attached hydrogen (secondary N) is 1. The number of pyridine rings is 2. The molecular weight excluding hydrogens is 450 g/mol. The van der Waals surface area contributed by atoms with Crippen molar-refractivity contribution in [2.75, 3.05) is 5.73 Å². The predicted molar refractivity (Wildman–Crippen MR) is 137 cm³/mol. The van der Waals surface area contributed by atoms with Gasteiger partial charge in [0.05, 0.1) is 28.6 Å². The number of nitrogens with two attached hydrogens (primary N) is 1. The topological polar surface area (TPSA) is 130 Å². The lowest BCUT2D eigenvalue weighted by Gasteiger charge is -2.16. The Morgan fingerprint density at radius 3 is 2.53 bits per heavy atom. The molecule has 0 saturated carbocycles. The number of carbonyl (C=O) groups excluding carboxylic acids is 1. The molecule has 0 aliphatic rings. The number of benzene rings is 2. The molecule has 3 aromatic heterocycles. The van der Waals surface area contributed by atoms with Crippen LogP contribution in [0.15, 0.2) is 85.1 Å². The van der Waals surface area contributed by atoms with Gasteiger partial charge in [-0.15, -0.1) is 0 Å². The zero-order valence-electron chi connectivity index (χ0n) is 19.4. The van der Waals surface area contributed by atoms with E-state index in [9.17, 15) is 4.79 Å². The Labute approximate surface area is 207 Å². The number of nitrogen functional groups attached to an aromatic ring is 1. The van der Waals surface area contributed by atoms with Crippen molar-refractivity contribution in [3.8, 4) is 28.6 Å². The van der Waals surface area contributed by atoms with Gasteiger partial charge in [0, 0.05) is 22.7 Å². The summed E-state index contributed by atoms with van der Waals surface area (Å²) in [7, 11) is 0. The van der Waals surface area contributed by atoms with Crippen molar-refractivity contribution >= 4 is 22.6 Å². The maximum atomic E-state index is 13.3. The number of anilines is 1. The summed E-state index contributed by atoms with van der Waals surface area (Å²) in [6.45, 7) is 1.78. The van der Waals surface area contributed by atoms with Crippen LogP contribution in [-0.4, -0.2) is 25.8 Å². The molecule has 2 aromatic carbocycles. The number of aromatic nitrogens is 4. The standard InChI is InChI=1S/C28H21N7O/c1-17(22-11-5-10-21(16-29)33-22)32-28(36)26-27(30)35-24(18-7-3-2-4-8-18)25(34-26)20-12-13-23-19(15-20)9-6-14-31-23/h2-15,17H,1H3,(H2,30,35)(H,32,36). The average Bonchev–Trinajstić information content (AvgIpc) is 2.93. The zero-order valence-corrected chi connectivity index (χ0v) is 19.4. The fourth-order valence-corrected chi connectivity index (χ4v) is 3.93. The summed E-state index contributed by atoms with van der Waals surface area (Å²) in [6, 6.07) is 25.8. The minimum atomic E-state index is -0.486. The Morgan fingerprint density at radius 1 is 0.917 bits per heavy atom. The van der Waals surface area contributed by atoms with Gasteiger partial charge in [0.15, 0.2) is 11.5 Å². The lowest BCUT2D eigenvalue weighted by Crippen LogP contribution is -2.29. The van der Waals surface area contributed by atoms with Crippen LogP contribution in [-0.2, 0) is 0 Å². The van der Waals surface area contributed by atoms with Crippen molar-refractivity contribution in [3.05, 3.63) is 102 Å². The van der Waals surface area contributed by atoms with Gasteiger partial charge >= 0.3 is 0 Å². The van der Waals surface area contributed by atoms with Crippen LogP contribution in [0, 0.1) is 11.3 Å². The molecule has 36 heavy (non-hydrogen) atoms. The summed E-state index contributed by atoms with van der Waals surface area (Å²) in [4.78, 5) is 31.2. The van der Waals surface area contributed by atoms with Crippen LogP contribution in [0.2, 0.25) is 0 Å². The Balaban J connectivity index is 1.58. The third-order valence-electron chi connectivity index (χ3n) is 5.74. The Kier molecular flexibility index (Phi) is 6.03. The van der Waals surface area contributed by atoms with E-state index in [1.54, 1.807) is 31.3 Å². The van der Waals surface area contributed by atoms with Crippen LogP contribution < -0.4 is 11.1 Å². The molecule has 1 amide bonds. The fraction of sp³-hybridized carbons (Fsp3) is 0.0714. The van der Waals surface area contributed by atoms with Crippen LogP contribution in [0.5, 0.6) is 0 Å². The maximum Gasteiger partial charge on any atom is 0.274 e. The fourth-order valence-electron chi connectivity index (χ4n) is 3.93. The number of nitrogens with zero attached hydrogens (tertiary/aromatic N) is 5. The van der Waals surface area contributed by atoms with Crippen molar-refractivity contribution in [3.63, 3.8) is 0 Å². The van der Waals surface area contributed by atoms with E-state index in [0.717, 1.165) is 22.0 Å². The van der Waals surface area contributed by atoms with Gasteiger partial charge in [0.1, 0.15) is 11.8 Å². The number of hydrogen-bond donors (Lipinski definition) is 2. The van der Waals surface area contributed by atoms with Crippen molar-refractivity contribution in [1.29, 1.82) is 5.26 Å². The Morgan fingerprint density at radius 2 is 1.72 bits per heavy atom. The molecular formula is C28H21N7O. The number of nitriles is 1. The maximum absolute atomic E-state index is 13.3. The normalized spacial score (nSPS) is 11.6. The molecule has 0 spiro atoms. The van der Waals surface area contributed by atoms with E-state index >= 15 is 0 Å². The van der Waals surface area contributed by atoms with E-state index in [1.165, 1.54) is 0 Å². The highest BCUT2D eigenvalue weighted by Gasteiger charge is 2.22. The molecule has 5 aromatic rings. The minimum Gasteiger partial charge on any atom is -0.382 e. The third kappa shape index (κ3) is 4.45. The number of fused-ring (bicyclic) bond motifs is 1. The number of carbonyl (C=O) groups is 1. The van der Waals surface area contributed by atoms with Gasteiger partial charge < -0.3 is 11.1 Å². The molecule has 0 aliphatic carbocycles. The predicted octanol–water partition coefficient (Wildman–Crippen LogP) is 4.70. The van der Waals surface area contributed by atoms with Gasteiger partial charge in [-0.1, -0.05) is 48.5 Å². The second-order valence-electron chi connectivity index (χ2n) is 8.19. The Bertz CT molecular complexity index is 1630. The van der Waals surface area contributed by atoms with Crippen LogP contribution in [0.1, 0.15) is 34.8 Å². The minimum absolute atomic E-state index is 0.0132. The molecule has 5 rings (SSSR count). The molecule has 8 heteroatoms. The summed E-state index contributed by atoms with van der Waals surface area (Å²) in [5.74, 6) is -0.469. The first-order chi connectivity index (χ1) is 17.5. The molecule has 1 atom stereocenters. The molecule has 1 unspecified atom stereocenters. The monoisotopic (exact) mass is 471 g/mol. The quantitative estimate of drug-likeness (QED) is 0.380. The molecule has 0 fully saturated rings. The molecule has 0 saturated heterocycles. The van der Waals surface area contributed by atoms with Gasteiger partial charge in [0.2, 0.25) is 0 Å². The largest absolute Gasteiger partial charge is 0.382 e. The van der Waals surface area contributed by atoms with Gasteiger partial charge in [-0.05, 0) is 37.3 Å². The molecule has 174 valence electrons. The molecule has 3 N–H and O–H groups in total. The summed E-state index contributed by atoms with van der Waals surface area (Å²) in [6.07, 6.45) is 1.74. The molecule has 8 nitrogen and oxygen atoms in total. The first kappa shape index (κ1) is 22.6. The van der Waals surface area contributed by atoms with Crippen LogP contribution in [0.25, 0.3) is 33.4 Å². The van der Waals surface area contributed by atoms with Crippen molar-refractivity contribution in [2.24, 2.45) is 0 Å². The van der Waals surface area contributed by atoms with E-state index in [4.69, 9.17) is 16.0 Å². The SMILES string of the molecule is CC(NC(=O)c1nc(-c2ccc3ncccc3c2)c(-c2ccccc2)nc1N)c1cccc(C#N)n1. The third-order valence-corrected chi connectivity index (χ3v) is 5.74. The summed E-state index contributed by atoms with van der Waals surface area (Å²) in [5, 5.41) is 12.9.